The van der Waals surface area contributed by atoms with Crippen molar-refractivity contribution < 1.29 is 8.42 Å². The van der Waals surface area contributed by atoms with Crippen molar-refractivity contribution in [2.75, 3.05) is 70.4 Å². The van der Waals surface area contributed by atoms with Crippen molar-refractivity contribution in [3.05, 3.63) is 35.9 Å². The molecule has 1 aromatic rings. The van der Waals surface area contributed by atoms with Crippen LogP contribution in [0.15, 0.2) is 35.3 Å². The van der Waals surface area contributed by atoms with Gasteiger partial charge >= 0.3 is 0 Å². The predicted molar refractivity (Wildman–Crippen MR) is 114 cm³/mol. The van der Waals surface area contributed by atoms with Crippen LogP contribution in [0, 0.1) is 0 Å². The minimum Gasteiger partial charge on any atom is -0.357 e. The summed E-state index contributed by atoms with van der Waals surface area (Å²) in [6, 6.07) is 10.6. The van der Waals surface area contributed by atoms with Crippen LogP contribution >= 0.6 is 0 Å². The molecule has 2 fully saturated rings. The molecule has 0 aromatic heterocycles. The van der Waals surface area contributed by atoms with Crippen molar-refractivity contribution in [1.29, 1.82) is 0 Å². The number of hydrogen-bond donors (Lipinski definition) is 1. The number of sulfone groups is 1. The summed E-state index contributed by atoms with van der Waals surface area (Å²) in [5.41, 5.74) is 1.36. The van der Waals surface area contributed by atoms with Crippen LogP contribution in [-0.4, -0.2) is 99.5 Å². The molecule has 2 aliphatic heterocycles. The maximum absolute atomic E-state index is 11.5. The van der Waals surface area contributed by atoms with Gasteiger partial charge in [0.15, 0.2) is 15.8 Å². The van der Waals surface area contributed by atoms with Gasteiger partial charge in [0.05, 0.1) is 18.1 Å². The van der Waals surface area contributed by atoms with Gasteiger partial charge in [0, 0.05) is 58.9 Å². The van der Waals surface area contributed by atoms with Crippen LogP contribution in [0.3, 0.4) is 0 Å². The molecule has 156 valence electrons. The Kier molecular flexibility index (Phi) is 7.70. The number of guanidine groups is 1. The summed E-state index contributed by atoms with van der Waals surface area (Å²) in [5.74, 6) is 1.53. The van der Waals surface area contributed by atoms with Crippen molar-refractivity contribution in [1.82, 2.24) is 20.0 Å². The Morgan fingerprint density at radius 1 is 1.00 bits per heavy atom. The highest BCUT2D eigenvalue weighted by molar-refractivity contribution is 7.91. The Morgan fingerprint density at radius 2 is 1.68 bits per heavy atom. The lowest BCUT2D eigenvalue weighted by atomic mass is 10.2. The minimum atomic E-state index is -2.81. The summed E-state index contributed by atoms with van der Waals surface area (Å²) >= 11 is 0. The van der Waals surface area contributed by atoms with Crippen LogP contribution in [0.4, 0.5) is 0 Å². The van der Waals surface area contributed by atoms with E-state index >= 15 is 0 Å². The molecule has 28 heavy (non-hydrogen) atoms. The molecule has 0 bridgehead atoms. The van der Waals surface area contributed by atoms with Gasteiger partial charge in [0.2, 0.25) is 0 Å². The second-order valence-electron chi connectivity index (χ2n) is 7.48. The first-order valence-electron chi connectivity index (χ1n) is 10.3. The first kappa shape index (κ1) is 21.1. The van der Waals surface area contributed by atoms with E-state index in [0.29, 0.717) is 19.6 Å². The molecule has 0 aliphatic carbocycles. The average Bonchev–Trinajstić information content (AvgIpc) is 2.70. The number of nitrogens with zero attached hydrogens (tertiary/aromatic N) is 4. The summed E-state index contributed by atoms with van der Waals surface area (Å²) in [6.07, 6.45) is 0. The molecular formula is C20H33N5O2S. The molecule has 2 heterocycles. The molecular weight excluding hydrogens is 374 g/mol. The molecule has 0 saturated carbocycles. The van der Waals surface area contributed by atoms with E-state index in [-0.39, 0.29) is 11.5 Å². The number of aliphatic imine (C=N–C) groups is 1. The van der Waals surface area contributed by atoms with E-state index < -0.39 is 9.84 Å². The molecule has 0 unspecified atom stereocenters. The molecule has 8 heteroatoms. The van der Waals surface area contributed by atoms with Gasteiger partial charge in [-0.2, -0.15) is 0 Å². The van der Waals surface area contributed by atoms with Crippen LogP contribution in [-0.2, 0) is 16.4 Å². The number of nitrogens with one attached hydrogen (secondary N) is 1. The summed E-state index contributed by atoms with van der Waals surface area (Å²) < 4.78 is 23.1. The van der Waals surface area contributed by atoms with E-state index in [1.807, 2.05) is 0 Å². The first-order chi connectivity index (χ1) is 13.6. The molecule has 1 N–H and O–H groups in total. The summed E-state index contributed by atoms with van der Waals surface area (Å²) in [4.78, 5) is 11.8. The zero-order valence-electron chi connectivity index (χ0n) is 16.9. The Balaban J connectivity index is 1.45. The lowest BCUT2D eigenvalue weighted by molar-refractivity contribution is 0.172. The fourth-order valence-corrected chi connectivity index (χ4v) is 4.93. The fourth-order valence-electron chi connectivity index (χ4n) is 3.66. The van der Waals surface area contributed by atoms with Crippen LogP contribution in [0.2, 0.25) is 0 Å². The average molecular weight is 408 g/mol. The van der Waals surface area contributed by atoms with Gasteiger partial charge < -0.3 is 10.2 Å². The molecule has 2 saturated heterocycles. The number of piperazine rings is 1. The van der Waals surface area contributed by atoms with E-state index in [1.54, 1.807) is 0 Å². The zero-order chi connectivity index (χ0) is 19.8. The lowest BCUT2D eigenvalue weighted by Crippen LogP contribution is -2.52. The summed E-state index contributed by atoms with van der Waals surface area (Å²) in [6.45, 7) is 10.7. The van der Waals surface area contributed by atoms with Crippen molar-refractivity contribution in [3.8, 4) is 0 Å². The number of hydrogen-bond acceptors (Lipinski definition) is 5. The Bertz CT molecular complexity index is 716. The molecule has 0 spiro atoms. The van der Waals surface area contributed by atoms with E-state index in [2.05, 4.69) is 57.3 Å². The third-order valence-electron chi connectivity index (χ3n) is 5.37. The second-order valence-corrected chi connectivity index (χ2v) is 9.78. The highest BCUT2D eigenvalue weighted by Gasteiger charge is 2.22. The quantitative estimate of drug-likeness (QED) is 0.547. The highest BCUT2D eigenvalue weighted by atomic mass is 32.2. The van der Waals surface area contributed by atoms with E-state index in [9.17, 15) is 8.42 Å². The number of rotatable bonds is 6. The Morgan fingerprint density at radius 3 is 2.32 bits per heavy atom. The highest BCUT2D eigenvalue weighted by Crippen LogP contribution is 2.09. The van der Waals surface area contributed by atoms with Crippen molar-refractivity contribution in [2.45, 2.75) is 13.5 Å². The van der Waals surface area contributed by atoms with E-state index in [4.69, 9.17) is 4.99 Å². The van der Waals surface area contributed by atoms with Crippen LogP contribution in [0.25, 0.3) is 0 Å². The van der Waals surface area contributed by atoms with Crippen molar-refractivity contribution in [3.63, 3.8) is 0 Å². The van der Waals surface area contributed by atoms with Crippen LogP contribution in [0.1, 0.15) is 12.5 Å². The standard InChI is InChI=1S/C20H33N5O2S/c1-2-21-20(22-8-9-23-14-16-28(26,27)17-15-23)25-12-10-24(11-13-25)18-19-6-4-3-5-7-19/h3-7H,2,8-18H2,1H3,(H,21,22). The van der Waals surface area contributed by atoms with Crippen LogP contribution in [0.5, 0.6) is 0 Å². The van der Waals surface area contributed by atoms with Gasteiger partial charge in [0.25, 0.3) is 0 Å². The summed E-state index contributed by atoms with van der Waals surface area (Å²) in [5, 5.41) is 3.41. The largest absolute Gasteiger partial charge is 0.357 e. The SMILES string of the molecule is CCNC(=NCCN1CCS(=O)(=O)CC1)N1CCN(Cc2ccccc2)CC1. The Hall–Kier alpha value is -1.64. The predicted octanol–water partition coefficient (Wildman–Crippen LogP) is 0.500. The van der Waals surface area contributed by atoms with Gasteiger partial charge in [-0.15, -0.1) is 0 Å². The molecule has 1 aromatic carbocycles. The third kappa shape index (κ3) is 6.46. The maximum Gasteiger partial charge on any atom is 0.194 e. The van der Waals surface area contributed by atoms with Gasteiger partial charge in [-0.25, -0.2) is 8.42 Å². The molecule has 3 rings (SSSR count). The number of benzene rings is 1. The van der Waals surface area contributed by atoms with E-state index in [1.165, 1.54) is 5.56 Å². The monoisotopic (exact) mass is 407 g/mol. The topological polar surface area (TPSA) is 68.2 Å². The van der Waals surface area contributed by atoms with Gasteiger partial charge in [-0.3, -0.25) is 14.8 Å². The normalized spacial score (nSPS) is 21.6. The smallest absolute Gasteiger partial charge is 0.194 e. The fraction of sp³-hybridized carbons (Fsp3) is 0.650. The van der Waals surface area contributed by atoms with E-state index in [0.717, 1.165) is 51.8 Å². The third-order valence-corrected chi connectivity index (χ3v) is 6.98. The van der Waals surface area contributed by atoms with Crippen LogP contribution < -0.4 is 5.32 Å². The lowest BCUT2D eigenvalue weighted by Gasteiger charge is -2.36. The van der Waals surface area contributed by atoms with Gasteiger partial charge in [0.1, 0.15) is 0 Å². The molecule has 0 atom stereocenters. The van der Waals surface area contributed by atoms with Crippen molar-refractivity contribution >= 4 is 15.8 Å². The van der Waals surface area contributed by atoms with Gasteiger partial charge in [-0.05, 0) is 12.5 Å². The van der Waals surface area contributed by atoms with Gasteiger partial charge in [-0.1, -0.05) is 30.3 Å². The first-order valence-corrected chi connectivity index (χ1v) is 12.1. The molecule has 2 aliphatic rings. The zero-order valence-corrected chi connectivity index (χ0v) is 17.7. The molecule has 0 radical (unpaired) electrons. The van der Waals surface area contributed by atoms with Crippen molar-refractivity contribution in [2.24, 2.45) is 4.99 Å². The maximum atomic E-state index is 11.5. The molecule has 0 amide bonds. The second kappa shape index (κ2) is 10.2. The molecule has 7 nitrogen and oxygen atoms in total. The summed E-state index contributed by atoms with van der Waals surface area (Å²) in [7, 11) is -2.81. The Labute approximate surface area is 169 Å². The minimum absolute atomic E-state index is 0.278.